The number of anilines is 2. The molecule has 0 saturated heterocycles. The van der Waals surface area contributed by atoms with E-state index in [1.54, 1.807) is 44.4 Å². The quantitative estimate of drug-likeness (QED) is 0.0544. The third kappa shape index (κ3) is 11.2. The van der Waals surface area contributed by atoms with Gasteiger partial charge in [-0.2, -0.15) is 0 Å². The minimum Gasteiger partial charge on any atom is -0.481 e. The van der Waals surface area contributed by atoms with Crippen LogP contribution in [0.3, 0.4) is 0 Å². The summed E-state index contributed by atoms with van der Waals surface area (Å²) in [7, 11) is 1.55. The Morgan fingerprint density at radius 2 is 1.06 bits per heavy atom. The Morgan fingerprint density at radius 3 is 1.47 bits per heavy atom. The summed E-state index contributed by atoms with van der Waals surface area (Å²) in [5, 5.41) is 5.73. The largest absolute Gasteiger partial charge is 0.586 e. The highest BCUT2D eigenvalue weighted by molar-refractivity contribution is 14.1. The third-order valence-electron chi connectivity index (χ3n) is 11.6. The van der Waals surface area contributed by atoms with E-state index in [2.05, 4.69) is 91.0 Å². The summed E-state index contributed by atoms with van der Waals surface area (Å²) in [4.78, 5) is 54.4. The van der Waals surface area contributed by atoms with E-state index in [0.29, 0.717) is 77.0 Å². The fourth-order valence-corrected chi connectivity index (χ4v) is 7.99. The van der Waals surface area contributed by atoms with E-state index >= 15 is 0 Å². The van der Waals surface area contributed by atoms with Crippen LogP contribution in [0.15, 0.2) is 89.7 Å². The standard InChI is InChI=1S/C24H21F2N3O4.C23H19F2N3O4.C3H9ISi/c1-13-4-7-19(28-21(13)15-10-14(2)27-20(11-15)31-3)29-22(30)23(8-9-23)16-5-6-17-18(12-16)33-24(25,26)32-17;1-12-3-6-18(27-20(12)14-9-13(2)26-19(29)10-14)28-21(30)22(7-8-22)15-4-5-16-17(11-15)32-23(24,25)31-16;1-5(2,3)4/h4-7,10-12H,8-9H2,1-3H3,(H,28,29,30);3-6,9-11H,7-8H2,1-2H3,(H,26,29)(H,27,28,30);1-3H3. The van der Waals surface area contributed by atoms with Gasteiger partial charge >= 0.3 is 12.6 Å². The number of pyridine rings is 4. The van der Waals surface area contributed by atoms with Gasteiger partial charge in [0, 0.05) is 34.6 Å². The van der Waals surface area contributed by atoms with Crippen molar-refractivity contribution in [1.29, 1.82) is 0 Å². The van der Waals surface area contributed by atoms with Gasteiger partial charge in [-0.15, -0.1) is 39.4 Å². The van der Waals surface area contributed by atoms with Gasteiger partial charge in [-0.25, -0.2) is 15.0 Å². The highest BCUT2D eigenvalue weighted by Crippen LogP contribution is 2.54. The van der Waals surface area contributed by atoms with Crippen LogP contribution in [0.1, 0.15) is 59.3 Å². The number of aryl methyl sites for hydroxylation is 4. The Bertz CT molecular complexity index is 3100. The lowest BCUT2D eigenvalue weighted by atomic mass is 9.94. The van der Waals surface area contributed by atoms with Crippen LogP contribution in [-0.2, 0) is 20.4 Å². The van der Waals surface area contributed by atoms with E-state index in [9.17, 15) is 31.9 Å². The van der Waals surface area contributed by atoms with Gasteiger partial charge in [0.05, 0.1) is 29.3 Å². The highest BCUT2D eigenvalue weighted by Gasteiger charge is 2.54. The Morgan fingerprint density at radius 1 is 0.629 bits per heavy atom. The van der Waals surface area contributed by atoms with E-state index in [1.807, 2.05) is 45.0 Å². The molecule has 3 N–H and O–H groups in total. The zero-order valence-corrected chi connectivity index (χ0v) is 42.6. The van der Waals surface area contributed by atoms with E-state index < -0.39 is 29.0 Å². The number of amides is 2. The average Bonchev–Trinajstić information content (AvgIpc) is 4.20. The minimum absolute atomic E-state index is 0.0483. The number of hydrogen-bond acceptors (Lipinski definition) is 11. The van der Waals surface area contributed by atoms with Crippen molar-refractivity contribution >= 4 is 50.8 Å². The molecule has 4 aromatic heterocycles. The number of carbonyl (C=O) groups excluding carboxylic acids is 2. The van der Waals surface area contributed by atoms with Crippen molar-refractivity contribution in [3.8, 4) is 51.4 Å². The van der Waals surface area contributed by atoms with Crippen LogP contribution in [0.2, 0.25) is 19.6 Å². The topological polar surface area (TPSA) is 176 Å². The summed E-state index contributed by atoms with van der Waals surface area (Å²) in [5.74, 6) is 0.402. The first kappa shape index (κ1) is 49.9. The first-order valence-electron chi connectivity index (χ1n) is 22.2. The Labute approximate surface area is 414 Å². The van der Waals surface area contributed by atoms with Gasteiger partial charge in [0.25, 0.3) is 0 Å². The number of halogens is 5. The summed E-state index contributed by atoms with van der Waals surface area (Å²) in [6.45, 7) is 14.4. The number of aromatic amines is 1. The number of aromatic nitrogens is 4. The molecule has 4 aliphatic rings. The Kier molecular flexibility index (Phi) is 13.3. The molecule has 2 fully saturated rings. The van der Waals surface area contributed by atoms with E-state index in [4.69, 9.17) is 4.74 Å². The van der Waals surface area contributed by atoms with Crippen molar-refractivity contribution in [2.24, 2.45) is 0 Å². The van der Waals surface area contributed by atoms with Gasteiger partial charge in [-0.1, -0.05) is 43.9 Å². The molecule has 0 unspecified atom stereocenters. The summed E-state index contributed by atoms with van der Waals surface area (Å²) in [5.41, 5.74) is 4.67. The molecule has 0 radical (unpaired) electrons. The summed E-state index contributed by atoms with van der Waals surface area (Å²) >= 11 is 2.52. The van der Waals surface area contributed by atoms with Crippen LogP contribution < -0.4 is 39.9 Å². The second-order valence-electron chi connectivity index (χ2n) is 18.5. The van der Waals surface area contributed by atoms with E-state index in [-0.39, 0.29) is 40.4 Å². The minimum atomic E-state index is -3.71. The van der Waals surface area contributed by atoms with Gasteiger partial charge in [-0.3, -0.25) is 14.4 Å². The molecule has 0 atom stereocenters. The molecule has 2 aliphatic heterocycles. The number of methoxy groups -OCH3 is 1. The van der Waals surface area contributed by atoms with Crippen LogP contribution in [0.5, 0.6) is 28.9 Å². The van der Waals surface area contributed by atoms with E-state index in [0.717, 1.165) is 22.4 Å². The molecule has 366 valence electrons. The molecule has 2 aromatic carbocycles. The summed E-state index contributed by atoms with van der Waals surface area (Å²) in [6, 6.07) is 23.0. The zero-order chi connectivity index (χ0) is 50.6. The predicted molar refractivity (Wildman–Crippen MR) is 265 cm³/mol. The SMILES string of the molecule is COc1cc(-c2nc(NC(=O)C3(c4ccc5c(c4)OC(F)(F)O5)CC3)ccc2C)cc(C)n1.C[Si](C)(C)I.Cc1cc(-c2nc(NC(=O)C3(c4ccc5c(c4)OC(F)(F)O5)CC3)ccc2C)cc(=O)[nH]1. The summed E-state index contributed by atoms with van der Waals surface area (Å²) < 4.78 is 76.6. The fraction of sp³-hybridized carbons (Fsp3) is 0.320. The third-order valence-corrected chi connectivity index (χ3v) is 11.6. The van der Waals surface area contributed by atoms with Crippen LogP contribution in [-0.4, -0.2) is 57.0 Å². The lowest BCUT2D eigenvalue weighted by Crippen LogP contribution is -2.28. The first-order chi connectivity index (χ1) is 32.8. The van der Waals surface area contributed by atoms with E-state index in [1.165, 1.54) is 30.3 Å². The molecule has 6 heterocycles. The Hall–Kier alpha value is -6.55. The predicted octanol–water partition coefficient (Wildman–Crippen LogP) is 11.1. The zero-order valence-electron chi connectivity index (χ0n) is 39.4. The maximum atomic E-state index is 13.4. The number of rotatable bonds is 9. The van der Waals surface area contributed by atoms with Gasteiger partial charge in [0.15, 0.2) is 23.0 Å². The number of H-pyrrole nitrogens is 1. The molecular weight excluding hydrogens is 1040 g/mol. The number of nitrogens with one attached hydrogen (secondary N) is 3. The summed E-state index contributed by atoms with van der Waals surface area (Å²) in [6.07, 6.45) is -5.08. The number of nitrogens with zero attached hydrogens (tertiary/aromatic N) is 3. The molecule has 70 heavy (non-hydrogen) atoms. The molecule has 10 rings (SSSR count). The van der Waals surface area contributed by atoms with Crippen LogP contribution in [0.4, 0.5) is 29.2 Å². The number of fused-ring (bicyclic) bond motifs is 2. The normalized spacial score (nSPS) is 16.6. The van der Waals surface area contributed by atoms with Crippen molar-refractivity contribution in [1.82, 2.24) is 19.9 Å². The van der Waals surface area contributed by atoms with Crippen molar-refractivity contribution in [3.63, 3.8) is 0 Å². The number of ether oxygens (including phenoxy) is 5. The Balaban J connectivity index is 0.000000172. The number of carbonyl (C=O) groups is 2. The fourth-order valence-electron chi connectivity index (χ4n) is 7.99. The van der Waals surface area contributed by atoms with Gasteiger partial charge < -0.3 is 39.3 Å². The molecule has 2 amide bonds. The van der Waals surface area contributed by atoms with Crippen molar-refractivity contribution in [3.05, 3.63) is 129 Å². The second kappa shape index (κ2) is 18.6. The maximum Gasteiger partial charge on any atom is 0.586 e. The van der Waals surface area contributed by atoms with Crippen LogP contribution in [0.25, 0.3) is 22.5 Å². The molecule has 0 spiro atoms. The first-order valence-corrected chi connectivity index (χ1v) is 28.8. The van der Waals surface area contributed by atoms with Crippen molar-refractivity contribution in [2.45, 2.75) is 96.4 Å². The molecule has 2 saturated carbocycles. The molecule has 14 nitrogen and oxygen atoms in total. The second-order valence-corrected chi connectivity index (χ2v) is 32.3. The van der Waals surface area contributed by atoms with Crippen molar-refractivity contribution < 1.29 is 50.8 Å². The van der Waals surface area contributed by atoms with Gasteiger partial charge in [0.1, 0.15) is 17.2 Å². The molecular formula is C50H49F4IN6O8Si. The lowest BCUT2D eigenvalue weighted by molar-refractivity contribution is -0.287. The van der Waals surface area contributed by atoms with Crippen LogP contribution in [0, 0.1) is 27.7 Å². The van der Waals surface area contributed by atoms with Gasteiger partial charge in [-0.05, 0) is 124 Å². The molecule has 20 heteroatoms. The molecule has 6 aromatic rings. The monoisotopic (exact) mass is 1090 g/mol. The highest BCUT2D eigenvalue weighted by atomic mass is 127. The molecule has 0 bridgehead atoms. The average molecular weight is 1090 g/mol. The smallest absolute Gasteiger partial charge is 0.481 e. The van der Waals surface area contributed by atoms with Gasteiger partial charge in [0.2, 0.25) is 23.3 Å². The molecule has 2 aliphatic carbocycles. The number of alkyl halides is 4. The number of hydrogen-bond donors (Lipinski definition) is 3. The maximum absolute atomic E-state index is 13.4. The van der Waals surface area contributed by atoms with Crippen LogP contribution >= 0.6 is 21.8 Å². The number of benzene rings is 2. The van der Waals surface area contributed by atoms with Crippen molar-refractivity contribution in [2.75, 3.05) is 17.7 Å². The lowest BCUT2D eigenvalue weighted by Gasteiger charge is -2.17.